The van der Waals surface area contributed by atoms with Crippen LogP contribution in [0.15, 0.2) is 42.5 Å². The van der Waals surface area contributed by atoms with E-state index in [9.17, 15) is 9.59 Å². The Balaban J connectivity index is 1.70. The van der Waals surface area contributed by atoms with Gasteiger partial charge in [0.25, 0.3) is 5.91 Å². The van der Waals surface area contributed by atoms with E-state index in [1.54, 1.807) is 12.1 Å². The lowest BCUT2D eigenvalue weighted by atomic mass is 10.0. The number of hydrogen-bond acceptors (Lipinski definition) is 4. The van der Waals surface area contributed by atoms with Gasteiger partial charge >= 0.3 is 0 Å². The van der Waals surface area contributed by atoms with Crippen molar-refractivity contribution in [1.82, 2.24) is 4.90 Å². The third-order valence-electron chi connectivity index (χ3n) is 5.50. The molecule has 6 nitrogen and oxygen atoms in total. The normalized spacial score (nSPS) is 11.0. The molecule has 0 aliphatic carbocycles. The van der Waals surface area contributed by atoms with Crippen molar-refractivity contribution in [3.63, 3.8) is 0 Å². The van der Waals surface area contributed by atoms with Gasteiger partial charge in [0.15, 0.2) is 0 Å². The van der Waals surface area contributed by atoms with Crippen molar-refractivity contribution in [1.29, 1.82) is 0 Å². The van der Waals surface area contributed by atoms with Crippen molar-refractivity contribution in [3.05, 3.63) is 59.2 Å². The van der Waals surface area contributed by atoms with Crippen LogP contribution in [0.3, 0.4) is 0 Å². The van der Waals surface area contributed by atoms with Crippen LogP contribution in [-0.2, 0) is 6.42 Å². The Morgan fingerprint density at radius 2 is 1.39 bits per heavy atom. The van der Waals surface area contributed by atoms with E-state index in [0.29, 0.717) is 24.3 Å². The summed E-state index contributed by atoms with van der Waals surface area (Å²) < 4.78 is 11.6. The molecule has 0 heterocycles. The number of aryl methyl sites for hydroxylation is 1. The lowest BCUT2D eigenvalue weighted by Crippen LogP contribution is -2.42. The number of unbranched alkanes of at least 4 members (excludes halogenated alkanes) is 2. The molecule has 2 aromatic rings. The second kappa shape index (κ2) is 12.9. The summed E-state index contributed by atoms with van der Waals surface area (Å²) in [6.45, 7) is 11.3. The molecular formula is C27H38N2O4. The Morgan fingerprint density at radius 1 is 0.848 bits per heavy atom. The van der Waals surface area contributed by atoms with E-state index < -0.39 is 5.91 Å². The van der Waals surface area contributed by atoms with Crippen molar-refractivity contribution in [2.75, 3.05) is 13.2 Å². The number of nitrogens with zero attached hydrogens (tertiary/aromatic N) is 1. The Labute approximate surface area is 198 Å². The molecule has 0 aliphatic heterocycles. The maximum Gasteiger partial charge on any atom is 0.254 e. The number of primary amides is 1. The Hall–Kier alpha value is -3.02. The third-order valence-corrected chi connectivity index (χ3v) is 5.50. The van der Waals surface area contributed by atoms with E-state index in [1.165, 1.54) is 0 Å². The third kappa shape index (κ3) is 7.81. The molecule has 0 atom stereocenters. The van der Waals surface area contributed by atoms with Crippen molar-refractivity contribution >= 4 is 11.8 Å². The summed E-state index contributed by atoms with van der Waals surface area (Å²) in [4.78, 5) is 26.0. The average Bonchev–Trinajstić information content (AvgIpc) is 2.78. The molecule has 0 aromatic heterocycles. The van der Waals surface area contributed by atoms with Crippen LogP contribution in [0.25, 0.3) is 0 Å². The van der Waals surface area contributed by atoms with Gasteiger partial charge < -0.3 is 20.1 Å². The Morgan fingerprint density at radius 3 is 1.91 bits per heavy atom. The van der Waals surface area contributed by atoms with E-state index >= 15 is 0 Å². The molecule has 2 aromatic carbocycles. The van der Waals surface area contributed by atoms with Gasteiger partial charge in [-0.3, -0.25) is 9.59 Å². The molecule has 2 N–H and O–H groups in total. The second-order valence-corrected chi connectivity index (χ2v) is 8.72. The quantitative estimate of drug-likeness (QED) is 0.420. The molecule has 0 saturated carbocycles. The minimum Gasteiger partial charge on any atom is -0.494 e. The van der Waals surface area contributed by atoms with Crippen LogP contribution in [0.5, 0.6) is 11.5 Å². The zero-order chi connectivity index (χ0) is 24.4. The van der Waals surface area contributed by atoms with Gasteiger partial charge in [0, 0.05) is 23.2 Å². The molecule has 0 spiro atoms. The fourth-order valence-electron chi connectivity index (χ4n) is 3.86. The standard InChI is InChI=1S/C27H38N2O4/c1-6-21-18-24(14-15-25(21)26(28)30)33-17-9-7-8-16-32-23-12-10-22(11-13-23)27(31)29(19(2)3)20(4)5/h10-15,18-20H,6-9,16-17H2,1-5H3,(H2,28,30). The molecule has 2 rings (SSSR count). The first kappa shape index (κ1) is 26.2. The summed E-state index contributed by atoms with van der Waals surface area (Å²) in [7, 11) is 0. The lowest BCUT2D eigenvalue weighted by Gasteiger charge is -2.30. The predicted molar refractivity (Wildman–Crippen MR) is 132 cm³/mol. The zero-order valence-electron chi connectivity index (χ0n) is 20.6. The summed E-state index contributed by atoms with van der Waals surface area (Å²) in [5.74, 6) is 1.16. The lowest BCUT2D eigenvalue weighted by molar-refractivity contribution is 0.0643. The summed E-state index contributed by atoms with van der Waals surface area (Å²) in [5, 5.41) is 0. The highest BCUT2D eigenvalue weighted by molar-refractivity contribution is 5.95. The topological polar surface area (TPSA) is 81.9 Å². The fourth-order valence-corrected chi connectivity index (χ4v) is 3.86. The predicted octanol–water partition coefficient (Wildman–Crippen LogP) is 5.24. The van der Waals surface area contributed by atoms with Crippen LogP contribution in [0.1, 0.15) is 80.2 Å². The van der Waals surface area contributed by atoms with Gasteiger partial charge in [0.2, 0.25) is 5.91 Å². The van der Waals surface area contributed by atoms with E-state index in [2.05, 4.69) is 0 Å². The monoisotopic (exact) mass is 454 g/mol. The molecule has 33 heavy (non-hydrogen) atoms. The number of benzene rings is 2. The Bertz CT molecular complexity index is 899. The van der Waals surface area contributed by atoms with E-state index in [-0.39, 0.29) is 18.0 Å². The molecule has 0 saturated heterocycles. The summed E-state index contributed by atoms with van der Waals surface area (Å²) in [6, 6.07) is 13.1. The fraction of sp³-hybridized carbons (Fsp3) is 0.481. The van der Waals surface area contributed by atoms with Gasteiger partial charge in [-0.2, -0.15) is 0 Å². The van der Waals surface area contributed by atoms with Crippen molar-refractivity contribution < 1.29 is 19.1 Å². The van der Waals surface area contributed by atoms with Crippen molar-refractivity contribution in [3.8, 4) is 11.5 Å². The zero-order valence-corrected chi connectivity index (χ0v) is 20.6. The molecule has 2 amide bonds. The first-order chi connectivity index (χ1) is 15.7. The van der Waals surface area contributed by atoms with E-state index in [1.807, 2.05) is 69.9 Å². The summed E-state index contributed by atoms with van der Waals surface area (Å²) in [5.41, 5.74) is 7.53. The first-order valence-electron chi connectivity index (χ1n) is 11.9. The van der Waals surface area contributed by atoms with E-state index in [0.717, 1.165) is 42.7 Å². The van der Waals surface area contributed by atoms with Crippen LogP contribution < -0.4 is 15.2 Å². The molecule has 180 valence electrons. The second-order valence-electron chi connectivity index (χ2n) is 8.72. The average molecular weight is 455 g/mol. The molecule has 0 radical (unpaired) electrons. The number of amides is 2. The highest BCUT2D eigenvalue weighted by atomic mass is 16.5. The van der Waals surface area contributed by atoms with Gasteiger partial charge in [-0.05, 0) is 101 Å². The number of hydrogen-bond donors (Lipinski definition) is 1. The van der Waals surface area contributed by atoms with Gasteiger partial charge in [-0.15, -0.1) is 0 Å². The minimum atomic E-state index is -0.410. The Kier molecular flexibility index (Phi) is 10.2. The van der Waals surface area contributed by atoms with Gasteiger partial charge in [0.05, 0.1) is 13.2 Å². The molecular weight excluding hydrogens is 416 g/mol. The van der Waals surface area contributed by atoms with Crippen molar-refractivity contribution in [2.45, 2.75) is 72.4 Å². The highest BCUT2D eigenvalue weighted by Gasteiger charge is 2.21. The number of carbonyl (C=O) groups is 2. The SMILES string of the molecule is CCc1cc(OCCCCCOc2ccc(C(=O)N(C(C)C)C(C)C)cc2)ccc1C(N)=O. The number of nitrogens with two attached hydrogens (primary N) is 1. The van der Waals surface area contributed by atoms with Crippen LogP contribution in [0.2, 0.25) is 0 Å². The molecule has 6 heteroatoms. The van der Waals surface area contributed by atoms with Crippen LogP contribution in [0, 0.1) is 0 Å². The highest BCUT2D eigenvalue weighted by Crippen LogP contribution is 2.19. The van der Waals surface area contributed by atoms with Gasteiger partial charge in [0.1, 0.15) is 11.5 Å². The maximum absolute atomic E-state index is 12.7. The van der Waals surface area contributed by atoms with Crippen LogP contribution in [0.4, 0.5) is 0 Å². The molecule has 0 aliphatic rings. The molecule has 0 bridgehead atoms. The van der Waals surface area contributed by atoms with Crippen molar-refractivity contribution in [2.24, 2.45) is 5.73 Å². The van der Waals surface area contributed by atoms with E-state index in [4.69, 9.17) is 15.2 Å². The summed E-state index contributed by atoms with van der Waals surface area (Å²) >= 11 is 0. The maximum atomic E-state index is 12.7. The molecule has 0 fully saturated rings. The smallest absolute Gasteiger partial charge is 0.254 e. The van der Waals surface area contributed by atoms with Gasteiger partial charge in [-0.1, -0.05) is 6.92 Å². The molecule has 0 unspecified atom stereocenters. The first-order valence-corrected chi connectivity index (χ1v) is 11.9. The largest absolute Gasteiger partial charge is 0.494 e. The van der Waals surface area contributed by atoms with Crippen LogP contribution in [-0.4, -0.2) is 42.0 Å². The minimum absolute atomic E-state index is 0.0434. The number of ether oxygens (including phenoxy) is 2. The van der Waals surface area contributed by atoms with Gasteiger partial charge in [-0.25, -0.2) is 0 Å². The number of rotatable bonds is 13. The number of carbonyl (C=O) groups excluding carboxylic acids is 2. The summed E-state index contributed by atoms with van der Waals surface area (Å²) in [6.07, 6.45) is 3.54. The van der Waals surface area contributed by atoms with Crippen LogP contribution >= 0.6 is 0 Å².